The third-order valence-corrected chi connectivity index (χ3v) is 4.58. The van der Waals surface area contributed by atoms with Crippen molar-refractivity contribution in [2.75, 3.05) is 34.3 Å². The number of aliphatic carboxylic acids is 1. The van der Waals surface area contributed by atoms with Gasteiger partial charge in [0.15, 0.2) is 0 Å². The molecule has 142 valence electrons. The Morgan fingerprint density at radius 2 is 1.80 bits per heavy atom. The number of aliphatic hydroxyl groups excluding tert-OH is 1. The molecule has 2 rings (SSSR count). The molecule has 0 spiro atoms. The van der Waals surface area contributed by atoms with Crippen molar-refractivity contribution in [1.82, 2.24) is 0 Å². The number of hydrogen-bond acceptors (Lipinski definition) is 4. The van der Waals surface area contributed by atoms with Crippen LogP contribution in [0.15, 0.2) is 24.3 Å². The zero-order valence-corrected chi connectivity index (χ0v) is 16.9. The summed E-state index contributed by atoms with van der Waals surface area (Å²) in [6.07, 6.45) is 0.737. The predicted octanol–water partition coefficient (Wildman–Crippen LogP) is 1.94. The predicted molar refractivity (Wildman–Crippen MR) is 97.9 cm³/mol. The van der Waals surface area contributed by atoms with Gasteiger partial charge in [0.1, 0.15) is 22.2 Å². The molecule has 25 heavy (non-hydrogen) atoms. The van der Waals surface area contributed by atoms with Gasteiger partial charge < -0.3 is 24.2 Å². The number of rotatable bonds is 6. The average molecular weight is 392 g/mol. The number of carboxylic acid groups (broad SMARTS) is 1. The molecule has 0 saturated heterocycles. The number of ether oxygens (including phenoxy) is 1. The molecule has 1 aromatic rings. The lowest BCUT2D eigenvalue weighted by Crippen LogP contribution is -2.47. The summed E-state index contributed by atoms with van der Waals surface area (Å²) in [4.78, 5) is 10.8. The second-order valence-corrected chi connectivity index (χ2v) is 9.27. The van der Waals surface area contributed by atoms with Crippen LogP contribution >= 0.6 is 23.2 Å². The first-order valence-electron chi connectivity index (χ1n) is 8.08. The Labute approximate surface area is 159 Å². The van der Waals surface area contributed by atoms with E-state index in [4.69, 9.17) is 33.0 Å². The van der Waals surface area contributed by atoms with Crippen molar-refractivity contribution in [3.05, 3.63) is 29.8 Å². The SMILES string of the molecule is CC(C)(Oc1ccc(C2CC2(Cl)Cl)cc1)C(=O)[O-].C[N+](C)(C)CCO. The van der Waals surface area contributed by atoms with Crippen LogP contribution in [0.3, 0.4) is 0 Å². The first-order valence-corrected chi connectivity index (χ1v) is 8.84. The van der Waals surface area contributed by atoms with E-state index in [2.05, 4.69) is 21.1 Å². The lowest BCUT2D eigenvalue weighted by molar-refractivity contribution is -0.870. The fourth-order valence-electron chi connectivity index (χ4n) is 1.98. The standard InChI is InChI=1S/C13H14Cl2O3.C5H14NO/c1-12(2,11(16)17)18-9-5-3-8(4-6-9)10-7-13(10,14)15;1-6(2,3)4-5-7/h3-6,10H,7H2,1-2H3,(H,16,17);7H,4-5H2,1-3H3/q;+1/p-1. The number of carbonyl (C=O) groups is 1. The van der Waals surface area contributed by atoms with Gasteiger partial charge in [0, 0.05) is 5.92 Å². The lowest BCUT2D eigenvalue weighted by Gasteiger charge is -2.27. The van der Waals surface area contributed by atoms with Crippen molar-refractivity contribution >= 4 is 29.2 Å². The summed E-state index contributed by atoms with van der Waals surface area (Å²) in [7, 11) is 6.16. The highest BCUT2D eigenvalue weighted by Gasteiger charge is 2.52. The number of quaternary nitrogens is 1. The van der Waals surface area contributed by atoms with Crippen LogP contribution in [0.25, 0.3) is 0 Å². The van der Waals surface area contributed by atoms with Gasteiger partial charge in [-0.3, -0.25) is 0 Å². The van der Waals surface area contributed by atoms with E-state index in [-0.39, 0.29) is 12.5 Å². The average Bonchev–Trinajstić information content (AvgIpc) is 3.07. The third kappa shape index (κ3) is 7.40. The summed E-state index contributed by atoms with van der Waals surface area (Å²) in [5.74, 6) is -0.637. The molecule has 0 heterocycles. The first-order chi connectivity index (χ1) is 11.3. The highest BCUT2D eigenvalue weighted by Crippen LogP contribution is 2.59. The van der Waals surface area contributed by atoms with Gasteiger partial charge in [-0.25, -0.2) is 0 Å². The van der Waals surface area contributed by atoms with Crippen LogP contribution in [0, 0.1) is 0 Å². The molecule has 1 N–H and O–H groups in total. The maximum absolute atomic E-state index is 10.8. The number of aliphatic hydroxyl groups is 1. The molecule has 0 bridgehead atoms. The Kier molecular flexibility index (Phi) is 7.16. The van der Waals surface area contributed by atoms with Crippen molar-refractivity contribution < 1.29 is 24.2 Å². The van der Waals surface area contributed by atoms with E-state index in [0.717, 1.165) is 23.0 Å². The number of benzene rings is 1. The van der Waals surface area contributed by atoms with E-state index >= 15 is 0 Å². The quantitative estimate of drug-likeness (QED) is 0.594. The Bertz CT molecular complexity index is 580. The fourth-order valence-corrected chi connectivity index (χ4v) is 2.54. The minimum atomic E-state index is -1.36. The molecule has 1 aromatic carbocycles. The largest absolute Gasteiger partial charge is 0.546 e. The zero-order chi connectivity index (χ0) is 19.5. The minimum absolute atomic E-state index is 0.143. The molecule has 1 fully saturated rings. The van der Waals surface area contributed by atoms with Crippen molar-refractivity contribution in [1.29, 1.82) is 0 Å². The molecule has 0 radical (unpaired) electrons. The molecular weight excluding hydrogens is 365 g/mol. The van der Waals surface area contributed by atoms with Gasteiger partial charge in [-0.05, 0) is 38.0 Å². The summed E-state index contributed by atoms with van der Waals surface area (Å²) in [6, 6.07) is 7.11. The molecule has 0 aromatic heterocycles. The zero-order valence-electron chi connectivity index (χ0n) is 15.4. The number of carbonyl (C=O) groups excluding carboxylic acids is 1. The van der Waals surface area contributed by atoms with E-state index in [1.54, 1.807) is 12.1 Å². The molecule has 0 amide bonds. The number of nitrogens with zero attached hydrogens (tertiary/aromatic N) is 1. The van der Waals surface area contributed by atoms with E-state index in [9.17, 15) is 9.90 Å². The number of alkyl halides is 2. The summed E-state index contributed by atoms with van der Waals surface area (Å²) in [5, 5.41) is 19.2. The molecule has 1 aliphatic carbocycles. The molecule has 7 heteroatoms. The van der Waals surface area contributed by atoms with Crippen molar-refractivity contribution in [3.63, 3.8) is 0 Å². The van der Waals surface area contributed by atoms with E-state index < -0.39 is 15.9 Å². The summed E-state index contributed by atoms with van der Waals surface area (Å²) < 4.78 is 5.53. The van der Waals surface area contributed by atoms with Gasteiger partial charge in [-0.15, -0.1) is 23.2 Å². The molecule has 1 atom stereocenters. The van der Waals surface area contributed by atoms with Crippen LogP contribution in [0.5, 0.6) is 5.75 Å². The Morgan fingerprint density at radius 1 is 1.32 bits per heavy atom. The van der Waals surface area contributed by atoms with Crippen LogP contribution in [-0.2, 0) is 4.79 Å². The van der Waals surface area contributed by atoms with Crippen molar-refractivity contribution in [2.24, 2.45) is 0 Å². The second-order valence-electron chi connectivity index (χ2n) is 7.72. The summed E-state index contributed by atoms with van der Waals surface area (Å²) >= 11 is 12.0. The summed E-state index contributed by atoms with van der Waals surface area (Å²) in [5.41, 5.74) is -0.331. The number of likely N-dealkylation sites (N-methyl/N-ethyl adjacent to an activating group) is 1. The van der Waals surface area contributed by atoms with Gasteiger partial charge in [0.05, 0.1) is 33.7 Å². The van der Waals surface area contributed by atoms with Gasteiger partial charge >= 0.3 is 0 Å². The molecule has 1 aliphatic rings. The Hall–Kier alpha value is -1.01. The van der Waals surface area contributed by atoms with Crippen LogP contribution in [0.4, 0.5) is 0 Å². The van der Waals surface area contributed by atoms with Gasteiger partial charge in [-0.1, -0.05) is 12.1 Å². The highest BCUT2D eigenvalue weighted by molar-refractivity contribution is 6.51. The first kappa shape index (κ1) is 22.0. The van der Waals surface area contributed by atoms with Gasteiger partial charge in [-0.2, -0.15) is 0 Å². The van der Waals surface area contributed by atoms with Gasteiger partial charge in [0.2, 0.25) is 0 Å². The fraction of sp³-hybridized carbons (Fsp3) is 0.611. The van der Waals surface area contributed by atoms with Crippen molar-refractivity contribution in [3.8, 4) is 5.75 Å². The van der Waals surface area contributed by atoms with Crippen LogP contribution in [0.1, 0.15) is 31.7 Å². The molecular formula is C18H27Cl2NO4. The minimum Gasteiger partial charge on any atom is -0.546 e. The number of hydrogen-bond donors (Lipinski definition) is 1. The maximum Gasteiger partial charge on any atom is 0.143 e. The van der Waals surface area contributed by atoms with Gasteiger partial charge in [0.25, 0.3) is 0 Å². The lowest BCUT2D eigenvalue weighted by atomic mass is 10.1. The normalized spacial score (nSPS) is 18.8. The second kappa shape index (κ2) is 8.12. The Balaban J connectivity index is 0.000000381. The van der Waals surface area contributed by atoms with Crippen LogP contribution < -0.4 is 9.84 Å². The number of halogens is 2. The molecule has 1 saturated carbocycles. The van der Waals surface area contributed by atoms with Crippen LogP contribution in [0.2, 0.25) is 0 Å². The Morgan fingerprint density at radius 3 is 2.08 bits per heavy atom. The molecule has 5 nitrogen and oxygen atoms in total. The topological polar surface area (TPSA) is 69.6 Å². The third-order valence-electron chi connectivity index (χ3n) is 3.74. The number of carboxylic acids is 1. The monoisotopic (exact) mass is 391 g/mol. The molecule has 1 unspecified atom stereocenters. The van der Waals surface area contributed by atoms with E-state index in [0.29, 0.717) is 5.75 Å². The highest BCUT2D eigenvalue weighted by atomic mass is 35.5. The molecule has 0 aliphatic heterocycles. The smallest absolute Gasteiger partial charge is 0.143 e. The van der Waals surface area contributed by atoms with E-state index in [1.165, 1.54) is 13.8 Å². The van der Waals surface area contributed by atoms with Crippen molar-refractivity contribution in [2.45, 2.75) is 36.1 Å². The summed E-state index contributed by atoms with van der Waals surface area (Å²) in [6.45, 7) is 4.00. The van der Waals surface area contributed by atoms with Crippen LogP contribution in [-0.4, -0.2) is 59.8 Å². The maximum atomic E-state index is 10.8. The van der Waals surface area contributed by atoms with E-state index in [1.807, 2.05) is 12.1 Å².